The predicted octanol–water partition coefficient (Wildman–Crippen LogP) is 7.48. The van der Waals surface area contributed by atoms with Crippen molar-refractivity contribution in [3.05, 3.63) is 93.6 Å². The molecule has 3 amide bonds. The van der Waals surface area contributed by atoms with Crippen LogP contribution in [-0.2, 0) is 80.2 Å². The van der Waals surface area contributed by atoms with Crippen LogP contribution in [0, 0.1) is 11.3 Å². The van der Waals surface area contributed by atoms with Crippen LogP contribution in [0.5, 0.6) is 0 Å². The van der Waals surface area contributed by atoms with Gasteiger partial charge >= 0.3 is 18.3 Å². The molecule has 0 unspecified atom stereocenters. The van der Waals surface area contributed by atoms with E-state index in [9.17, 15) is 14.4 Å². The Hall–Kier alpha value is -5.62. The third-order valence-electron chi connectivity index (χ3n) is 10.5. The molecule has 0 spiro atoms. The molecule has 0 bridgehead atoms. The number of aromatic amines is 2. The molecule has 4 aromatic heterocycles. The first-order valence-electron chi connectivity index (χ1n) is 21.3. The summed E-state index contributed by atoms with van der Waals surface area (Å²) in [5, 5.41) is 12.3. The molecule has 3 N–H and O–H groups in total. The molecule has 4 aromatic rings. The van der Waals surface area contributed by atoms with Crippen LogP contribution >= 0.6 is 0 Å². The minimum absolute atomic E-state index is 0.216. The molecule has 15 heteroatoms. The van der Waals surface area contributed by atoms with E-state index in [2.05, 4.69) is 38.1 Å². The monoisotopic (exact) mass is 842 g/mol. The molecule has 61 heavy (non-hydrogen) atoms. The number of aromatic nitrogens is 4. The molecule has 8 rings (SSSR count). The van der Waals surface area contributed by atoms with E-state index in [1.54, 1.807) is 14.7 Å². The Bertz CT molecular complexity index is 2140. The zero-order valence-corrected chi connectivity index (χ0v) is 38.2. The lowest BCUT2D eigenvalue weighted by Gasteiger charge is -2.30. The van der Waals surface area contributed by atoms with Crippen molar-refractivity contribution in [2.45, 2.75) is 131 Å². The largest absolute Gasteiger partial charge is 0.444 e. The van der Waals surface area contributed by atoms with Gasteiger partial charge in [-0.15, -0.1) is 0 Å². The number of nitrogens with one attached hydrogen (secondary N) is 3. The molecule has 0 radical (unpaired) electrons. The van der Waals surface area contributed by atoms with E-state index in [4.69, 9.17) is 19.5 Å². The zero-order valence-electron chi connectivity index (χ0n) is 38.2. The van der Waals surface area contributed by atoms with Gasteiger partial charge in [0.1, 0.15) is 28.6 Å². The van der Waals surface area contributed by atoms with Gasteiger partial charge in [0.05, 0.1) is 19.6 Å². The molecular weight excluding hydrogens is 775 g/mol. The van der Waals surface area contributed by atoms with Gasteiger partial charge in [0, 0.05) is 114 Å². The fraction of sp³-hybridized carbons (Fsp3) is 0.565. The van der Waals surface area contributed by atoms with Crippen LogP contribution in [-0.4, -0.2) is 95.1 Å². The molecule has 0 saturated carbocycles. The van der Waals surface area contributed by atoms with Gasteiger partial charge in [0.25, 0.3) is 0 Å². The number of hydrogen-bond donors (Lipinski definition) is 3. The highest BCUT2D eigenvalue weighted by atomic mass is 16.6. The molecule has 0 aliphatic carbocycles. The fourth-order valence-electron chi connectivity index (χ4n) is 7.49. The molecule has 4 aliphatic rings. The normalized spacial score (nSPS) is 15.7. The van der Waals surface area contributed by atoms with Crippen LogP contribution in [0.25, 0.3) is 0 Å². The lowest BCUT2D eigenvalue weighted by atomic mass is 10.1. The van der Waals surface area contributed by atoms with Crippen molar-refractivity contribution in [2.24, 2.45) is 14.1 Å². The molecular formula is C46H67N9O6. The highest BCUT2D eigenvalue weighted by molar-refractivity contribution is 5.69. The predicted molar refractivity (Wildman–Crippen MR) is 234 cm³/mol. The van der Waals surface area contributed by atoms with Gasteiger partial charge in [-0.25, -0.2) is 14.4 Å². The SMILES string of the molecule is CC(C)(C)OC(=O)N1CCc2[nH]ccc2C1.Cn1c(C#N)cc2c1CCN(C(=O)OC(C)(C)C)C2.Cn1ccc2c1CCN(C(=O)OC(C)(C)C)C2.c1cc2c([nH]1)CCNC2. The zero-order chi connectivity index (χ0) is 44.7. The number of carbonyl (C=O) groups excluding carboxylic acids is 3. The van der Waals surface area contributed by atoms with Crippen LogP contribution in [0.4, 0.5) is 14.4 Å². The van der Waals surface area contributed by atoms with E-state index >= 15 is 0 Å². The summed E-state index contributed by atoms with van der Waals surface area (Å²) in [7, 11) is 3.93. The van der Waals surface area contributed by atoms with E-state index < -0.39 is 16.8 Å². The lowest BCUT2D eigenvalue weighted by molar-refractivity contribution is 0.0212. The third-order valence-corrected chi connectivity index (χ3v) is 10.5. The Labute approximate surface area is 361 Å². The van der Waals surface area contributed by atoms with Crippen molar-refractivity contribution in [3.63, 3.8) is 0 Å². The summed E-state index contributed by atoms with van der Waals surface area (Å²) in [5.41, 5.74) is 9.31. The summed E-state index contributed by atoms with van der Waals surface area (Å²) in [6.07, 6.45) is 8.94. The highest BCUT2D eigenvalue weighted by Crippen LogP contribution is 2.25. The van der Waals surface area contributed by atoms with Gasteiger partial charge in [-0.1, -0.05) is 0 Å². The number of rotatable bonds is 0. The van der Waals surface area contributed by atoms with Gasteiger partial charge in [0.15, 0.2) is 0 Å². The Morgan fingerprint density at radius 1 is 0.623 bits per heavy atom. The first kappa shape index (κ1) is 46.4. The fourth-order valence-corrected chi connectivity index (χ4v) is 7.49. The second kappa shape index (κ2) is 19.4. The van der Waals surface area contributed by atoms with Gasteiger partial charge in [0.2, 0.25) is 0 Å². The number of nitriles is 1. The summed E-state index contributed by atoms with van der Waals surface area (Å²) >= 11 is 0. The Morgan fingerprint density at radius 2 is 1.10 bits per heavy atom. The van der Waals surface area contributed by atoms with E-state index in [1.807, 2.05) is 112 Å². The van der Waals surface area contributed by atoms with Crippen molar-refractivity contribution in [1.29, 1.82) is 5.26 Å². The van der Waals surface area contributed by atoms with Crippen molar-refractivity contribution in [2.75, 3.05) is 26.2 Å². The number of fused-ring (bicyclic) bond motifs is 4. The minimum Gasteiger partial charge on any atom is -0.444 e. The molecule has 0 atom stereocenters. The first-order valence-corrected chi connectivity index (χ1v) is 21.3. The topological polar surface area (TPSA) is 166 Å². The lowest BCUT2D eigenvalue weighted by Crippen LogP contribution is -2.40. The van der Waals surface area contributed by atoms with Crippen LogP contribution in [0.1, 0.15) is 113 Å². The molecule has 332 valence electrons. The average molecular weight is 842 g/mol. The van der Waals surface area contributed by atoms with Crippen LogP contribution in [0.3, 0.4) is 0 Å². The number of nitrogens with zero attached hydrogens (tertiary/aromatic N) is 6. The average Bonchev–Trinajstić information content (AvgIpc) is 3.99. The number of hydrogen-bond acceptors (Lipinski definition) is 8. The van der Waals surface area contributed by atoms with Gasteiger partial charge < -0.3 is 53.3 Å². The molecule has 15 nitrogen and oxygen atoms in total. The van der Waals surface area contributed by atoms with Crippen molar-refractivity contribution >= 4 is 18.3 Å². The maximum absolute atomic E-state index is 12.0. The van der Waals surface area contributed by atoms with Crippen LogP contribution in [0.2, 0.25) is 0 Å². The molecule has 0 saturated heterocycles. The second-order valence-electron chi connectivity index (χ2n) is 18.9. The maximum atomic E-state index is 12.0. The summed E-state index contributed by atoms with van der Waals surface area (Å²) < 4.78 is 20.1. The highest BCUT2D eigenvalue weighted by Gasteiger charge is 2.29. The minimum atomic E-state index is -0.480. The molecule has 0 aromatic carbocycles. The Morgan fingerprint density at radius 3 is 1.62 bits per heavy atom. The van der Waals surface area contributed by atoms with Gasteiger partial charge in [-0.05, 0) is 109 Å². The second-order valence-corrected chi connectivity index (χ2v) is 18.9. The van der Waals surface area contributed by atoms with E-state index in [0.29, 0.717) is 31.9 Å². The number of H-pyrrole nitrogens is 2. The number of ether oxygens (including phenoxy) is 3. The molecule has 0 fully saturated rings. The van der Waals surface area contributed by atoms with Crippen molar-refractivity contribution in [1.82, 2.24) is 39.1 Å². The number of carbonyl (C=O) groups is 3. The van der Waals surface area contributed by atoms with Crippen molar-refractivity contribution in [3.8, 4) is 6.07 Å². The Kier molecular flexibility index (Phi) is 14.8. The van der Waals surface area contributed by atoms with Crippen LogP contribution < -0.4 is 5.32 Å². The summed E-state index contributed by atoms with van der Waals surface area (Å²) in [4.78, 5) is 47.4. The number of aryl methyl sites for hydroxylation is 1. The smallest absolute Gasteiger partial charge is 0.410 e. The number of amides is 3. The van der Waals surface area contributed by atoms with E-state index in [0.717, 1.165) is 63.1 Å². The first-order chi connectivity index (χ1) is 28.6. The summed E-state index contributed by atoms with van der Waals surface area (Å²) in [6.45, 7) is 23.0. The summed E-state index contributed by atoms with van der Waals surface area (Å²) in [5.74, 6) is 0. The third kappa shape index (κ3) is 13.2. The van der Waals surface area contributed by atoms with Crippen LogP contribution in [0.15, 0.2) is 42.9 Å². The standard InChI is InChI=1S/C14H19N3O2.C13H20N2O2.C12H18N2O2.C7H10N2/c1-14(2,3)19-13(18)17-6-5-12-10(9-17)7-11(8-15)16(12)4;1-13(2,3)17-12(16)15-8-6-11-10(9-15)5-7-14(11)4;1-12(2,3)16-11(15)14-7-5-10-9(8-14)4-6-13-10;1-4-9-7-2-3-8-5-6(1)7/h7H,5-6,9H2,1-4H3;5,7H,6,8-9H2,1-4H3;4,6,13H,5,7-8H2,1-3H3;1,4,8-9H,2-3,5H2. The van der Waals surface area contributed by atoms with E-state index in [-0.39, 0.29) is 18.3 Å². The Balaban J connectivity index is 0.000000158. The quantitative estimate of drug-likeness (QED) is 0.153. The maximum Gasteiger partial charge on any atom is 0.410 e. The van der Waals surface area contributed by atoms with Gasteiger partial charge in [-0.2, -0.15) is 5.26 Å². The van der Waals surface area contributed by atoms with E-state index in [1.165, 1.54) is 33.8 Å². The van der Waals surface area contributed by atoms with Crippen molar-refractivity contribution < 1.29 is 28.6 Å². The van der Waals surface area contributed by atoms with Gasteiger partial charge in [-0.3, -0.25) is 0 Å². The summed E-state index contributed by atoms with van der Waals surface area (Å²) in [6, 6.07) is 10.3. The molecule has 8 heterocycles. The molecule has 4 aliphatic heterocycles.